The van der Waals surface area contributed by atoms with Crippen molar-refractivity contribution in [1.29, 1.82) is 0 Å². The average molecular weight is 383 g/mol. The van der Waals surface area contributed by atoms with Crippen LogP contribution in [0.4, 0.5) is 4.79 Å². The van der Waals surface area contributed by atoms with E-state index < -0.39 is 18.1 Å². The number of esters is 2. The Hall–Kier alpha value is -1.73. The molecule has 9 heteroatoms. The first kappa shape index (κ1) is 22.3. The summed E-state index contributed by atoms with van der Waals surface area (Å²) in [6, 6.07) is 0. The second-order valence-corrected chi connectivity index (χ2v) is 4.92. The van der Waals surface area contributed by atoms with Gasteiger partial charge in [-0.3, -0.25) is 0 Å². The van der Waals surface area contributed by atoms with Crippen molar-refractivity contribution in [3.8, 4) is 0 Å². The number of rotatable bonds is 10. The smallest absolute Gasteiger partial charge is 0.459 e. The standard InChI is InChI=1S/C15H20Cl2O7/c1-11(3-5-16)13(18)21-7-9-23-15(20)24-10-8-22-14(19)12(2)4-6-17/h3-4H,5-10H2,1-2H3/b11-3+,12-4+. The fraction of sp³-hybridized carbons (Fsp3) is 0.533. The second kappa shape index (κ2) is 13.7. The molecule has 0 fully saturated rings. The lowest BCUT2D eigenvalue weighted by Crippen LogP contribution is -2.18. The van der Waals surface area contributed by atoms with Crippen LogP contribution in [-0.4, -0.2) is 56.3 Å². The lowest BCUT2D eigenvalue weighted by molar-refractivity contribution is -0.140. The third-order valence-electron chi connectivity index (χ3n) is 2.48. The van der Waals surface area contributed by atoms with Crippen LogP contribution in [0, 0.1) is 0 Å². The van der Waals surface area contributed by atoms with E-state index in [2.05, 4.69) is 9.47 Å². The summed E-state index contributed by atoms with van der Waals surface area (Å²) in [7, 11) is 0. The molecule has 0 rings (SSSR count). The minimum absolute atomic E-state index is 0.112. The summed E-state index contributed by atoms with van der Waals surface area (Å²) in [6.45, 7) is 2.58. The summed E-state index contributed by atoms with van der Waals surface area (Å²) in [4.78, 5) is 34.0. The van der Waals surface area contributed by atoms with E-state index in [1.54, 1.807) is 13.8 Å². The van der Waals surface area contributed by atoms with Crippen LogP contribution in [0.5, 0.6) is 0 Å². The molecule has 0 spiro atoms. The van der Waals surface area contributed by atoms with Crippen LogP contribution in [0.3, 0.4) is 0 Å². The molecule has 0 bridgehead atoms. The van der Waals surface area contributed by atoms with E-state index in [0.29, 0.717) is 11.1 Å². The van der Waals surface area contributed by atoms with Crippen molar-refractivity contribution in [3.63, 3.8) is 0 Å². The molecule has 0 unspecified atom stereocenters. The van der Waals surface area contributed by atoms with Gasteiger partial charge in [-0.1, -0.05) is 12.2 Å². The number of carbonyl (C=O) groups excluding carboxylic acids is 3. The molecule has 0 aromatic carbocycles. The van der Waals surface area contributed by atoms with Crippen LogP contribution in [0.15, 0.2) is 23.3 Å². The van der Waals surface area contributed by atoms with E-state index in [0.717, 1.165) is 0 Å². The Morgan fingerprint density at radius 3 is 1.38 bits per heavy atom. The SMILES string of the molecule is C/C(=C\CCl)C(=O)OCCOC(=O)OCCOC(=O)/C(C)=C/CCl. The molecule has 136 valence electrons. The maximum atomic E-state index is 11.4. The van der Waals surface area contributed by atoms with Crippen molar-refractivity contribution in [2.75, 3.05) is 38.2 Å². The molecule has 0 aromatic heterocycles. The monoisotopic (exact) mass is 382 g/mol. The predicted octanol–water partition coefficient (Wildman–Crippen LogP) is 2.60. The predicted molar refractivity (Wildman–Crippen MR) is 88.2 cm³/mol. The molecule has 0 aromatic rings. The van der Waals surface area contributed by atoms with Gasteiger partial charge in [0.25, 0.3) is 0 Å². The summed E-state index contributed by atoms with van der Waals surface area (Å²) in [5, 5.41) is 0. The Morgan fingerprint density at radius 2 is 1.04 bits per heavy atom. The highest BCUT2D eigenvalue weighted by atomic mass is 35.5. The van der Waals surface area contributed by atoms with Gasteiger partial charge in [-0.2, -0.15) is 0 Å². The highest BCUT2D eigenvalue weighted by Crippen LogP contribution is 1.99. The first-order valence-electron chi connectivity index (χ1n) is 7.01. The van der Waals surface area contributed by atoms with Gasteiger partial charge in [0, 0.05) is 22.9 Å². The molecule has 0 saturated heterocycles. The molecule has 0 aliphatic heterocycles. The summed E-state index contributed by atoms with van der Waals surface area (Å²) in [6.07, 6.45) is 2.05. The van der Waals surface area contributed by atoms with E-state index in [4.69, 9.17) is 32.7 Å². The van der Waals surface area contributed by atoms with E-state index >= 15 is 0 Å². The second-order valence-electron chi connectivity index (χ2n) is 4.30. The largest absolute Gasteiger partial charge is 0.508 e. The first-order valence-corrected chi connectivity index (χ1v) is 8.08. The van der Waals surface area contributed by atoms with Crippen LogP contribution >= 0.6 is 23.2 Å². The molecule has 0 aliphatic carbocycles. The van der Waals surface area contributed by atoms with Gasteiger partial charge in [0.15, 0.2) is 0 Å². The highest BCUT2D eigenvalue weighted by Gasteiger charge is 2.09. The maximum absolute atomic E-state index is 11.4. The summed E-state index contributed by atoms with van der Waals surface area (Å²) in [5.41, 5.74) is 0.737. The average Bonchev–Trinajstić information content (AvgIpc) is 2.55. The zero-order valence-electron chi connectivity index (χ0n) is 13.5. The molecule has 0 amide bonds. The molecule has 0 N–H and O–H groups in total. The molecule has 7 nitrogen and oxygen atoms in total. The van der Waals surface area contributed by atoms with Crippen LogP contribution in [0.2, 0.25) is 0 Å². The lowest BCUT2D eigenvalue weighted by atomic mass is 10.3. The van der Waals surface area contributed by atoms with E-state index in [1.165, 1.54) is 12.2 Å². The zero-order chi connectivity index (χ0) is 18.4. The van der Waals surface area contributed by atoms with E-state index in [-0.39, 0.29) is 38.2 Å². The Balaban J connectivity index is 3.74. The summed E-state index contributed by atoms with van der Waals surface area (Å²) >= 11 is 10.9. The topological polar surface area (TPSA) is 88.1 Å². The van der Waals surface area contributed by atoms with Crippen molar-refractivity contribution < 1.29 is 33.3 Å². The first-order chi connectivity index (χ1) is 11.4. The van der Waals surface area contributed by atoms with Gasteiger partial charge in [-0.25, -0.2) is 14.4 Å². The fourth-order valence-electron chi connectivity index (χ4n) is 1.19. The number of alkyl halides is 2. The number of hydrogen-bond donors (Lipinski definition) is 0. The van der Waals surface area contributed by atoms with Crippen LogP contribution in [0.25, 0.3) is 0 Å². The third-order valence-corrected chi connectivity index (χ3v) is 2.79. The highest BCUT2D eigenvalue weighted by molar-refractivity contribution is 6.19. The summed E-state index contributed by atoms with van der Waals surface area (Å²) < 4.78 is 19.0. The minimum atomic E-state index is -0.955. The van der Waals surface area contributed by atoms with Gasteiger partial charge in [-0.15, -0.1) is 23.2 Å². The molecule has 0 heterocycles. The number of hydrogen-bond acceptors (Lipinski definition) is 7. The fourth-order valence-corrected chi connectivity index (χ4v) is 1.65. The van der Waals surface area contributed by atoms with Crippen molar-refractivity contribution >= 4 is 41.3 Å². The van der Waals surface area contributed by atoms with Crippen molar-refractivity contribution in [3.05, 3.63) is 23.3 Å². The van der Waals surface area contributed by atoms with Crippen LogP contribution in [-0.2, 0) is 28.5 Å². The Morgan fingerprint density at radius 1 is 0.708 bits per heavy atom. The Bertz CT molecular complexity index is 444. The number of allylic oxidation sites excluding steroid dienone is 2. The third kappa shape index (κ3) is 10.9. The van der Waals surface area contributed by atoms with Crippen LogP contribution in [0.1, 0.15) is 13.8 Å². The molecule has 0 atom stereocenters. The van der Waals surface area contributed by atoms with Crippen molar-refractivity contribution in [2.45, 2.75) is 13.8 Å². The number of ether oxygens (including phenoxy) is 4. The zero-order valence-corrected chi connectivity index (χ0v) is 15.0. The summed E-state index contributed by atoms with van der Waals surface area (Å²) in [5.74, 6) is -0.676. The van der Waals surface area contributed by atoms with Gasteiger partial charge < -0.3 is 18.9 Å². The van der Waals surface area contributed by atoms with E-state index in [9.17, 15) is 14.4 Å². The number of carbonyl (C=O) groups is 3. The van der Waals surface area contributed by atoms with Gasteiger partial charge in [-0.05, 0) is 13.8 Å². The lowest BCUT2D eigenvalue weighted by Gasteiger charge is -2.08. The molecular formula is C15H20Cl2O7. The quantitative estimate of drug-likeness (QED) is 0.188. The molecule has 24 heavy (non-hydrogen) atoms. The molecule has 0 radical (unpaired) electrons. The van der Waals surface area contributed by atoms with Gasteiger partial charge >= 0.3 is 18.1 Å². The van der Waals surface area contributed by atoms with E-state index in [1.807, 2.05) is 0 Å². The normalized spacial score (nSPS) is 11.7. The molecule has 0 saturated carbocycles. The van der Waals surface area contributed by atoms with Gasteiger partial charge in [0.2, 0.25) is 0 Å². The van der Waals surface area contributed by atoms with Gasteiger partial charge in [0.1, 0.15) is 26.4 Å². The van der Waals surface area contributed by atoms with Crippen molar-refractivity contribution in [2.24, 2.45) is 0 Å². The molecule has 0 aliphatic rings. The minimum Gasteiger partial charge on any atom is -0.459 e. The van der Waals surface area contributed by atoms with Crippen LogP contribution < -0.4 is 0 Å². The number of halogens is 2. The van der Waals surface area contributed by atoms with Crippen molar-refractivity contribution in [1.82, 2.24) is 0 Å². The van der Waals surface area contributed by atoms with Gasteiger partial charge in [0.05, 0.1) is 0 Å². The maximum Gasteiger partial charge on any atom is 0.508 e. The Labute approximate surface area is 150 Å². The molecular weight excluding hydrogens is 363 g/mol. The Kier molecular flexibility index (Phi) is 12.7.